The summed E-state index contributed by atoms with van der Waals surface area (Å²) in [6.45, 7) is 7.94. The lowest BCUT2D eigenvalue weighted by molar-refractivity contribution is 0.00578. The van der Waals surface area contributed by atoms with Gasteiger partial charge in [-0.3, -0.25) is 0 Å². The quantitative estimate of drug-likeness (QED) is 0.590. The van der Waals surface area contributed by atoms with E-state index in [1.54, 1.807) is 12.1 Å². The zero-order valence-corrected chi connectivity index (χ0v) is 20.1. The van der Waals surface area contributed by atoms with Crippen LogP contribution in [-0.2, 0) is 30.7 Å². The summed E-state index contributed by atoms with van der Waals surface area (Å²) < 4.78 is 40.8. The summed E-state index contributed by atoms with van der Waals surface area (Å²) in [5.41, 5.74) is 0.332. The molecule has 2 aromatic rings. The molecule has 1 aromatic carbocycles. The zero-order valence-electron chi connectivity index (χ0n) is 18.5. The van der Waals surface area contributed by atoms with Gasteiger partial charge in [0.05, 0.1) is 11.2 Å². The van der Waals surface area contributed by atoms with Crippen LogP contribution in [0.5, 0.6) is 0 Å². The highest BCUT2D eigenvalue weighted by molar-refractivity contribution is 7.91. The number of alkyl carbamates (subject to hydrolysis) is 1. The fourth-order valence-corrected chi connectivity index (χ4v) is 4.62. The Bertz CT molecular complexity index is 1080. The number of nitrogens with two attached hydrogens (primary N) is 1. The van der Waals surface area contributed by atoms with E-state index in [2.05, 4.69) is 5.32 Å². The van der Waals surface area contributed by atoms with Gasteiger partial charge < -0.3 is 19.4 Å². The zero-order chi connectivity index (χ0) is 23.6. The van der Waals surface area contributed by atoms with Gasteiger partial charge in [0, 0.05) is 11.4 Å². The number of rotatable bonds is 7. The first-order valence-electron chi connectivity index (χ1n) is 10.0. The van der Waals surface area contributed by atoms with Crippen molar-refractivity contribution >= 4 is 40.6 Å². The minimum absolute atomic E-state index is 0.0484. The van der Waals surface area contributed by atoms with E-state index in [-0.39, 0.29) is 17.4 Å². The van der Waals surface area contributed by atoms with E-state index in [9.17, 15) is 13.2 Å². The van der Waals surface area contributed by atoms with E-state index in [0.29, 0.717) is 10.3 Å². The third kappa shape index (κ3) is 5.99. The summed E-state index contributed by atoms with van der Waals surface area (Å²) in [6, 6.07) is 12.4. The first kappa shape index (κ1) is 24.5. The lowest BCUT2D eigenvalue weighted by Gasteiger charge is -2.32. The van der Waals surface area contributed by atoms with Crippen LogP contribution in [0.4, 0.5) is 4.79 Å². The van der Waals surface area contributed by atoms with Gasteiger partial charge in [0.2, 0.25) is 10.0 Å². The van der Waals surface area contributed by atoms with Crippen molar-refractivity contribution in [2.24, 2.45) is 5.14 Å². The minimum atomic E-state index is -3.80. The Hall–Kier alpha value is -2.18. The molecule has 1 aliphatic rings. The first-order valence-corrected chi connectivity index (χ1v) is 12.4. The highest BCUT2D eigenvalue weighted by Gasteiger charge is 2.52. The Labute approximate surface area is 192 Å². The van der Waals surface area contributed by atoms with Crippen LogP contribution < -0.4 is 10.5 Å². The van der Waals surface area contributed by atoms with Gasteiger partial charge >= 0.3 is 13.2 Å². The Morgan fingerprint density at radius 1 is 1.12 bits per heavy atom. The number of primary sulfonamides is 1. The number of nitrogens with one attached hydrogen (secondary N) is 1. The van der Waals surface area contributed by atoms with E-state index in [1.807, 2.05) is 58.0 Å². The standard InChI is InChI=1S/C21H27BN2O6S2/c1-20(2)21(3,4)30-22(29-20)16(12-17-10-11-18(31-17)32(23,26)27)13-24-19(25)28-14-15-8-6-5-7-9-15/h5-12H,13-14H2,1-4H3,(H,24,25)(H2,23,26,27). The Kier molecular flexibility index (Phi) is 7.16. The molecule has 32 heavy (non-hydrogen) atoms. The number of carbonyl (C=O) groups excluding carboxylic acids is 1. The molecule has 2 heterocycles. The fraction of sp³-hybridized carbons (Fsp3) is 0.381. The summed E-state index contributed by atoms with van der Waals surface area (Å²) in [7, 11) is -4.52. The summed E-state index contributed by atoms with van der Waals surface area (Å²) in [5, 5.41) is 7.93. The molecule has 0 aliphatic carbocycles. The third-order valence-corrected chi connectivity index (χ3v) is 7.89. The van der Waals surface area contributed by atoms with Crippen LogP contribution in [0.3, 0.4) is 0 Å². The number of benzene rings is 1. The second-order valence-electron chi connectivity index (χ2n) is 8.42. The molecule has 3 N–H and O–H groups in total. The summed E-state index contributed by atoms with van der Waals surface area (Å²) in [6.07, 6.45) is 1.14. The van der Waals surface area contributed by atoms with E-state index in [4.69, 9.17) is 19.2 Å². The molecule has 0 atom stereocenters. The third-order valence-electron chi connectivity index (χ3n) is 5.42. The molecule has 0 radical (unpaired) electrons. The van der Waals surface area contributed by atoms with Gasteiger partial charge in [-0.25, -0.2) is 18.4 Å². The predicted octanol–water partition coefficient (Wildman–Crippen LogP) is 3.34. The normalized spacial score (nSPS) is 17.9. The van der Waals surface area contributed by atoms with E-state index < -0.39 is 34.4 Å². The Morgan fingerprint density at radius 2 is 1.75 bits per heavy atom. The molecule has 8 nitrogen and oxygen atoms in total. The molecule has 1 aliphatic heterocycles. The van der Waals surface area contributed by atoms with Crippen molar-refractivity contribution in [3.63, 3.8) is 0 Å². The van der Waals surface area contributed by atoms with Crippen molar-refractivity contribution in [2.45, 2.75) is 49.7 Å². The molecular formula is C21H27BN2O6S2. The van der Waals surface area contributed by atoms with Crippen LogP contribution in [0.15, 0.2) is 52.1 Å². The maximum absolute atomic E-state index is 12.2. The molecule has 11 heteroatoms. The van der Waals surface area contributed by atoms with Crippen LogP contribution in [0, 0.1) is 0 Å². The van der Waals surface area contributed by atoms with Crippen molar-refractivity contribution in [3.8, 4) is 0 Å². The van der Waals surface area contributed by atoms with E-state index in [0.717, 1.165) is 16.9 Å². The molecule has 1 fully saturated rings. The van der Waals surface area contributed by atoms with Gasteiger partial charge in [-0.05, 0) is 56.9 Å². The lowest BCUT2D eigenvalue weighted by atomic mass is 9.77. The number of amides is 1. The topological polar surface area (TPSA) is 117 Å². The fourth-order valence-electron chi connectivity index (χ4n) is 2.89. The van der Waals surface area contributed by atoms with Crippen molar-refractivity contribution in [3.05, 3.63) is 58.4 Å². The summed E-state index contributed by atoms with van der Waals surface area (Å²) in [4.78, 5) is 12.9. The van der Waals surface area contributed by atoms with Crippen LogP contribution in [0.25, 0.3) is 6.08 Å². The smallest absolute Gasteiger partial charge is 0.445 e. The highest BCUT2D eigenvalue weighted by atomic mass is 32.2. The lowest BCUT2D eigenvalue weighted by Crippen LogP contribution is -2.41. The number of hydrogen-bond donors (Lipinski definition) is 2. The first-order chi connectivity index (χ1) is 14.9. The van der Waals surface area contributed by atoms with Crippen LogP contribution >= 0.6 is 11.3 Å². The number of hydrogen-bond acceptors (Lipinski definition) is 7. The molecule has 3 rings (SSSR count). The molecule has 1 amide bonds. The van der Waals surface area contributed by atoms with Crippen molar-refractivity contribution < 1.29 is 27.3 Å². The van der Waals surface area contributed by atoms with Gasteiger partial charge in [-0.15, -0.1) is 11.3 Å². The average molecular weight is 478 g/mol. The molecular weight excluding hydrogens is 451 g/mol. The average Bonchev–Trinajstić information content (AvgIpc) is 3.26. The van der Waals surface area contributed by atoms with Crippen LogP contribution in [-0.4, -0.2) is 39.4 Å². The van der Waals surface area contributed by atoms with Crippen molar-refractivity contribution in [1.29, 1.82) is 0 Å². The SMILES string of the molecule is CC1(C)OB(C(=Cc2ccc(S(N)(=O)=O)s2)CNC(=O)OCc2ccccc2)OC1(C)C. The number of ether oxygens (including phenoxy) is 1. The van der Waals surface area contributed by atoms with Gasteiger partial charge in [-0.2, -0.15) is 0 Å². The van der Waals surface area contributed by atoms with E-state index in [1.165, 1.54) is 6.07 Å². The van der Waals surface area contributed by atoms with Gasteiger partial charge in [0.1, 0.15) is 10.8 Å². The van der Waals surface area contributed by atoms with Crippen LogP contribution in [0.1, 0.15) is 38.1 Å². The van der Waals surface area contributed by atoms with Crippen molar-refractivity contribution in [2.75, 3.05) is 6.54 Å². The summed E-state index contributed by atoms with van der Waals surface area (Å²) in [5.74, 6) is 0. The molecule has 0 unspecified atom stereocenters. The summed E-state index contributed by atoms with van der Waals surface area (Å²) >= 11 is 1.02. The molecule has 0 spiro atoms. The number of thiophene rings is 1. The molecule has 0 saturated carbocycles. The highest BCUT2D eigenvalue weighted by Crippen LogP contribution is 2.39. The van der Waals surface area contributed by atoms with E-state index >= 15 is 0 Å². The number of carbonyl (C=O) groups is 1. The van der Waals surface area contributed by atoms with Gasteiger partial charge in [0.25, 0.3) is 0 Å². The molecule has 172 valence electrons. The second-order valence-corrected chi connectivity index (χ2v) is 11.3. The second kappa shape index (κ2) is 9.36. The van der Waals surface area contributed by atoms with Gasteiger partial charge in [0.15, 0.2) is 0 Å². The minimum Gasteiger partial charge on any atom is -0.445 e. The molecule has 0 bridgehead atoms. The largest absolute Gasteiger partial charge is 0.492 e. The van der Waals surface area contributed by atoms with Crippen LogP contribution in [0.2, 0.25) is 0 Å². The number of sulfonamides is 1. The van der Waals surface area contributed by atoms with Gasteiger partial charge in [-0.1, -0.05) is 30.3 Å². The Morgan fingerprint density at radius 3 is 2.31 bits per heavy atom. The molecule has 1 saturated heterocycles. The maximum Gasteiger partial charge on any atom is 0.492 e. The van der Waals surface area contributed by atoms with Crippen molar-refractivity contribution in [1.82, 2.24) is 5.32 Å². The maximum atomic E-state index is 12.2. The predicted molar refractivity (Wildman–Crippen MR) is 124 cm³/mol. The Balaban J connectivity index is 1.75. The molecule has 1 aromatic heterocycles. The monoisotopic (exact) mass is 478 g/mol.